The van der Waals surface area contributed by atoms with Gasteiger partial charge in [-0.25, -0.2) is 0 Å². The van der Waals surface area contributed by atoms with Gasteiger partial charge in [-0.1, -0.05) is 32.8 Å². The molecule has 18 heavy (non-hydrogen) atoms. The highest BCUT2D eigenvalue weighted by Crippen LogP contribution is 2.33. The largest absolute Gasteiger partial charge is 0.398 e. The van der Waals surface area contributed by atoms with E-state index < -0.39 is 0 Å². The van der Waals surface area contributed by atoms with Crippen molar-refractivity contribution < 1.29 is 0 Å². The smallest absolute Gasteiger partial charge is 0.0392 e. The minimum atomic E-state index is 0.610. The summed E-state index contributed by atoms with van der Waals surface area (Å²) in [5.74, 6) is 1.55. The first-order valence-corrected chi connectivity index (χ1v) is 7.21. The molecule has 3 N–H and O–H groups in total. The molecule has 0 spiro atoms. The molecule has 0 aliphatic heterocycles. The summed E-state index contributed by atoms with van der Waals surface area (Å²) in [6.07, 6.45) is 5.38. The number of rotatable bonds is 3. The van der Waals surface area contributed by atoms with Crippen LogP contribution < -0.4 is 11.1 Å². The summed E-state index contributed by atoms with van der Waals surface area (Å²) in [6, 6.07) is 6.77. The van der Waals surface area contributed by atoms with Crippen LogP contribution in [0.3, 0.4) is 0 Å². The van der Waals surface area contributed by atoms with Gasteiger partial charge in [-0.3, -0.25) is 0 Å². The van der Waals surface area contributed by atoms with Crippen molar-refractivity contribution in [3.8, 4) is 0 Å². The summed E-state index contributed by atoms with van der Waals surface area (Å²) in [5.41, 5.74) is 9.27. The molecule has 0 bridgehead atoms. The van der Waals surface area contributed by atoms with Gasteiger partial charge in [0.1, 0.15) is 0 Å². The predicted octanol–water partition coefficient (Wildman–Crippen LogP) is 4.20. The van der Waals surface area contributed by atoms with Crippen LogP contribution in [0.5, 0.6) is 0 Å². The lowest BCUT2D eigenvalue weighted by atomic mass is 9.77. The zero-order valence-corrected chi connectivity index (χ0v) is 11.9. The van der Waals surface area contributed by atoms with Gasteiger partial charge >= 0.3 is 0 Å². The maximum absolute atomic E-state index is 5.98. The molecular formula is C16H26N2. The highest BCUT2D eigenvalue weighted by Gasteiger charge is 2.27. The average molecular weight is 246 g/mol. The molecule has 2 atom stereocenters. The van der Waals surface area contributed by atoms with Crippen molar-refractivity contribution in [2.24, 2.45) is 11.8 Å². The van der Waals surface area contributed by atoms with E-state index in [1.54, 1.807) is 0 Å². The van der Waals surface area contributed by atoms with Gasteiger partial charge < -0.3 is 11.1 Å². The molecule has 1 aromatic rings. The molecule has 1 saturated carbocycles. The summed E-state index contributed by atoms with van der Waals surface area (Å²) in [7, 11) is 0. The fourth-order valence-corrected chi connectivity index (χ4v) is 3.15. The third-order valence-corrected chi connectivity index (χ3v) is 4.39. The van der Waals surface area contributed by atoms with E-state index in [0.29, 0.717) is 6.04 Å². The van der Waals surface area contributed by atoms with Crippen LogP contribution in [0.4, 0.5) is 11.4 Å². The van der Waals surface area contributed by atoms with Crippen LogP contribution in [0, 0.1) is 18.8 Å². The highest BCUT2D eigenvalue weighted by molar-refractivity contribution is 5.63. The fraction of sp³-hybridized carbons (Fsp3) is 0.625. The number of hydrogen-bond acceptors (Lipinski definition) is 2. The zero-order chi connectivity index (χ0) is 13.1. The van der Waals surface area contributed by atoms with Crippen LogP contribution in [0.25, 0.3) is 0 Å². The molecular weight excluding hydrogens is 220 g/mol. The monoisotopic (exact) mass is 246 g/mol. The maximum atomic E-state index is 5.98. The topological polar surface area (TPSA) is 38.0 Å². The van der Waals surface area contributed by atoms with E-state index in [1.165, 1.54) is 36.9 Å². The van der Waals surface area contributed by atoms with Crippen LogP contribution in [0.2, 0.25) is 0 Å². The first-order valence-electron chi connectivity index (χ1n) is 7.21. The van der Waals surface area contributed by atoms with Gasteiger partial charge in [0.2, 0.25) is 0 Å². The van der Waals surface area contributed by atoms with E-state index in [-0.39, 0.29) is 0 Å². The van der Waals surface area contributed by atoms with E-state index in [1.807, 2.05) is 12.1 Å². The van der Waals surface area contributed by atoms with Crippen molar-refractivity contribution in [3.05, 3.63) is 23.8 Å². The van der Waals surface area contributed by atoms with E-state index in [9.17, 15) is 0 Å². The third-order valence-electron chi connectivity index (χ3n) is 4.39. The molecule has 1 aliphatic carbocycles. The summed E-state index contributed by atoms with van der Waals surface area (Å²) >= 11 is 0. The van der Waals surface area contributed by atoms with Crippen molar-refractivity contribution in [1.29, 1.82) is 0 Å². The van der Waals surface area contributed by atoms with Crippen molar-refractivity contribution >= 4 is 11.4 Å². The predicted molar refractivity (Wildman–Crippen MR) is 79.8 cm³/mol. The van der Waals surface area contributed by atoms with Crippen molar-refractivity contribution in [3.63, 3.8) is 0 Å². The Morgan fingerprint density at radius 3 is 2.67 bits per heavy atom. The molecule has 0 heterocycles. The molecule has 0 radical (unpaired) electrons. The van der Waals surface area contributed by atoms with Gasteiger partial charge in [0, 0.05) is 17.4 Å². The van der Waals surface area contributed by atoms with E-state index in [0.717, 1.165) is 17.5 Å². The second-order valence-corrected chi connectivity index (χ2v) is 5.96. The van der Waals surface area contributed by atoms with Crippen LogP contribution in [-0.2, 0) is 0 Å². The molecule has 1 aromatic carbocycles. The van der Waals surface area contributed by atoms with Gasteiger partial charge in [0.05, 0.1) is 0 Å². The van der Waals surface area contributed by atoms with Crippen molar-refractivity contribution in [2.75, 3.05) is 11.1 Å². The lowest BCUT2D eigenvalue weighted by Crippen LogP contribution is -2.35. The normalized spacial score (nSPS) is 24.2. The third kappa shape index (κ3) is 2.80. The maximum Gasteiger partial charge on any atom is 0.0392 e. The quantitative estimate of drug-likeness (QED) is 0.784. The van der Waals surface area contributed by atoms with Gasteiger partial charge in [0.25, 0.3) is 0 Å². The first kappa shape index (κ1) is 13.3. The Morgan fingerprint density at radius 2 is 1.94 bits per heavy atom. The Morgan fingerprint density at radius 1 is 1.22 bits per heavy atom. The van der Waals surface area contributed by atoms with Crippen molar-refractivity contribution in [1.82, 2.24) is 0 Å². The molecule has 0 amide bonds. The van der Waals surface area contributed by atoms with E-state index in [2.05, 4.69) is 32.2 Å². The van der Waals surface area contributed by atoms with Gasteiger partial charge in [-0.15, -0.1) is 0 Å². The SMILES string of the molecule is Cc1c(N)cccc1NC1CCCCC1C(C)C. The Kier molecular flexibility index (Phi) is 4.15. The highest BCUT2D eigenvalue weighted by atomic mass is 14.9. The fourth-order valence-electron chi connectivity index (χ4n) is 3.15. The first-order chi connectivity index (χ1) is 8.59. The Bertz CT molecular complexity index is 398. The van der Waals surface area contributed by atoms with Gasteiger partial charge in [-0.05, 0) is 49.3 Å². The lowest BCUT2D eigenvalue weighted by molar-refractivity contribution is 0.254. The number of nitrogen functional groups attached to an aromatic ring is 1. The van der Waals surface area contributed by atoms with Crippen LogP contribution in [-0.4, -0.2) is 6.04 Å². The number of nitrogens with one attached hydrogen (secondary N) is 1. The van der Waals surface area contributed by atoms with E-state index in [4.69, 9.17) is 5.73 Å². The lowest BCUT2D eigenvalue weighted by Gasteiger charge is -2.36. The number of benzene rings is 1. The minimum absolute atomic E-state index is 0.610. The minimum Gasteiger partial charge on any atom is -0.398 e. The van der Waals surface area contributed by atoms with E-state index >= 15 is 0 Å². The standard InChI is InChI=1S/C16H26N2/c1-11(2)13-7-4-5-9-16(13)18-15-10-6-8-14(17)12(15)3/h6,8,10-11,13,16,18H,4-5,7,9,17H2,1-3H3. The molecule has 0 saturated heterocycles. The van der Waals surface area contributed by atoms with Gasteiger partial charge in [-0.2, -0.15) is 0 Å². The summed E-state index contributed by atoms with van der Waals surface area (Å²) in [4.78, 5) is 0. The Labute approximate surface area is 111 Å². The van der Waals surface area contributed by atoms with Crippen LogP contribution in [0.15, 0.2) is 18.2 Å². The summed E-state index contributed by atoms with van der Waals surface area (Å²) in [6.45, 7) is 6.79. The number of nitrogens with two attached hydrogens (primary N) is 1. The molecule has 2 heteroatoms. The zero-order valence-electron chi connectivity index (χ0n) is 11.9. The average Bonchev–Trinajstić information content (AvgIpc) is 2.35. The van der Waals surface area contributed by atoms with Crippen molar-refractivity contribution in [2.45, 2.75) is 52.5 Å². The van der Waals surface area contributed by atoms with Crippen LogP contribution >= 0.6 is 0 Å². The molecule has 100 valence electrons. The Balaban J connectivity index is 2.13. The van der Waals surface area contributed by atoms with Crippen LogP contribution in [0.1, 0.15) is 45.1 Å². The molecule has 2 rings (SSSR count). The molecule has 1 fully saturated rings. The molecule has 0 aromatic heterocycles. The second kappa shape index (κ2) is 5.64. The number of hydrogen-bond donors (Lipinski definition) is 2. The number of anilines is 2. The molecule has 2 unspecified atom stereocenters. The molecule has 2 nitrogen and oxygen atoms in total. The van der Waals surface area contributed by atoms with Gasteiger partial charge in [0.15, 0.2) is 0 Å². The second-order valence-electron chi connectivity index (χ2n) is 5.96. The molecule has 1 aliphatic rings. The summed E-state index contributed by atoms with van der Waals surface area (Å²) in [5, 5.41) is 3.74. The summed E-state index contributed by atoms with van der Waals surface area (Å²) < 4.78 is 0. The Hall–Kier alpha value is -1.18.